The van der Waals surface area contributed by atoms with Crippen LogP contribution in [0.4, 0.5) is 26.3 Å². The molecule has 8 heteroatoms. The number of benzene rings is 2. The summed E-state index contributed by atoms with van der Waals surface area (Å²) in [6, 6.07) is 10.7. The summed E-state index contributed by atoms with van der Waals surface area (Å²) >= 11 is 0. The molecule has 2 rings (SSSR count). The van der Waals surface area contributed by atoms with E-state index in [0.717, 1.165) is 12.1 Å². The predicted molar refractivity (Wildman–Crippen MR) is 108 cm³/mol. The second kappa shape index (κ2) is 7.86. The van der Waals surface area contributed by atoms with Gasteiger partial charge in [0.2, 0.25) is 0 Å². The third kappa shape index (κ3) is 5.63. The van der Waals surface area contributed by atoms with Gasteiger partial charge in [0, 0.05) is 0 Å². The van der Waals surface area contributed by atoms with Crippen molar-refractivity contribution in [2.45, 2.75) is 22.1 Å². The standard InChI is InChI=1S/C20H24F6S2/c1-27(2,17-9-5-7-15(13-17)19(21,22)23)11-12-28(3,4)18-10-6-8-16(14-18)20(24,25)26/h5-10,13-14H,11-12H2,1-4H3. The van der Waals surface area contributed by atoms with E-state index in [1.807, 2.05) is 25.0 Å². The fourth-order valence-electron chi connectivity index (χ4n) is 2.68. The van der Waals surface area contributed by atoms with E-state index in [4.69, 9.17) is 0 Å². The average Bonchev–Trinajstić information content (AvgIpc) is 2.59. The molecule has 0 spiro atoms. The second-order valence-electron chi connectivity index (χ2n) is 7.54. The molecule has 0 bridgehead atoms. The molecule has 0 N–H and O–H groups in total. The molecule has 0 aliphatic carbocycles. The summed E-state index contributed by atoms with van der Waals surface area (Å²) in [6.07, 6.45) is -0.995. The predicted octanol–water partition coefficient (Wildman–Crippen LogP) is 7.27. The van der Waals surface area contributed by atoms with Gasteiger partial charge in [-0.3, -0.25) is 0 Å². The highest BCUT2D eigenvalue weighted by molar-refractivity contribution is 8.35. The molecule has 0 saturated heterocycles. The van der Waals surface area contributed by atoms with Crippen molar-refractivity contribution in [2.24, 2.45) is 0 Å². The largest absolute Gasteiger partial charge is 0.416 e. The molecule has 0 amide bonds. The molecule has 2 aromatic rings. The molecule has 0 unspecified atom stereocenters. The molecule has 0 saturated carbocycles. The lowest BCUT2D eigenvalue weighted by Crippen LogP contribution is -2.14. The molecular weight excluding hydrogens is 418 g/mol. The van der Waals surface area contributed by atoms with E-state index >= 15 is 0 Å². The normalized spacial score (nSPS) is 14.8. The van der Waals surface area contributed by atoms with Crippen molar-refractivity contribution in [3.05, 3.63) is 59.7 Å². The molecule has 28 heavy (non-hydrogen) atoms. The highest BCUT2D eigenvalue weighted by atomic mass is 32.3. The van der Waals surface area contributed by atoms with Crippen LogP contribution < -0.4 is 0 Å². The summed E-state index contributed by atoms with van der Waals surface area (Å²) in [5.41, 5.74) is -1.34. The van der Waals surface area contributed by atoms with E-state index in [9.17, 15) is 26.3 Å². The van der Waals surface area contributed by atoms with E-state index < -0.39 is 43.5 Å². The zero-order valence-electron chi connectivity index (χ0n) is 16.1. The SMILES string of the molecule is CS(C)(CCS(C)(C)c1cccc(C(F)(F)F)c1)c1cccc(C(F)(F)F)c1. The minimum absolute atomic E-state index is 0.646. The minimum atomic E-state index is -4.39. The van der Waals surface area contributed by atoms with Crippen LogP contribution in [0, 0.1) is 0 Å². The van der Waals surface area contributed by atoms with Gasteiger partial charge < -0.3 is 0 Å². The van der Waals surface area contributed by atoms with Crippen LogP contribution >= 0.6 is 20.1 Å². The lowest BCUT2D eigenvalue weighted by molar-refractivity contribution is -0.138. The second-order valence-corrected chi connectivity index (χ2v) is 15.4. The topological polar surface area (TPSA) is 0 Å². The van der Waals surface area contributed by atoms with Crippen LogP contribution in [0.3, 0.4) is 0 Å². The maximum absolute atomic E-state index is 13.0. The molecule has 0 aliphatic heterocycles. The Morgan fingerprint density at radius 3 is 1.21 bits per heavy atom. The Hall–Kier alpha value is -1.28. The summed E-state index contributed by atoms with van der Waals surface area (Å²) in [4.78, 5) is 1.31. The Labute approximate surface area is 165 Å². The van der Waals surface area contributed by atoms with Gasteiger partial charge in [-0.1, -0.05) is 24.3 Å². The molecule has 0 atom stereocenters. The van der Waals surface area contributed by atoms with E-state index in [-0.39, 0.29) is 0 Å². The van der Waals surface area contributed by atoms with Gasteiger partial charge in [-0.05, 0) is 70.6 Å². The summed E-state index contributed by atoms with van der Waals surface area (Å²) in [5.74, 6) is 1.29. The number of alkyl halides is 6. The Morgan fingerprint density at radius 2 is 0.929 bits per heavy atom. The quantitative estimate of drug-likeness (QED) is 0.427. The maximum atomic E-state index is 13.0. The van der Waals surface area contributed by atoms with Crippen LogP contribution in [0.1, 0.15) is 11.1 Å². The highest BCUT2D eigenvalue weighted by Gasteiger charge is 2.33. The van der Waals surface area contributed by atoms with Crippen molar-refractivity contribution in [1.29, 1.82) is 0 Å². The Balaban J connectivity index is 2.22. The molecular formula is C20H24F6S2. The first-order valence-electron chi connectivity index (χ1n) is 8.40. The smallest absolute Gasteiger partial charge is 0.220 e. The molecule has 0 heterocycles. The fourth-order valence-corrected chi connectivity index (χ4v) is 8.28. The van der Waals surface area contributed by atoms with E-state index in [1.54, 1.807) is 12.1 Å². The summed E-state index contributed by atoms with van der Waals surface area (Å²) < 4.78 is 78.0. The molecule has 0 fully saturated rings. The number of hydrogen-bond acceptors (Lipinski definition) is 0. The first kappa shape index (κ1) is 23.0. The number of hydrogen-bond donors (Lipinski definition) is 0. The monoisotopic (exact) mass is 442 g/mol. The van der Waals surface area contributed by atoms with Gasteiger partial charge in [-0.25, -0.2) is 20.1 Å². The molecule has 0 nitrogen and oxygen atoms in total. The van der Waals surface area contributed by atoms with Crippen molar-refractivity contribution in [1.82, 2.24) is 0 Å². The number of rotatable bonds is 5. The summed E-state index contributed by atoms with van der Waals surface area (Å²) in [7, 11) is -3.05. The van der Waals surface area contributed by atoms with Crippen LogP contribution in [0.2, 0.25) is 0 Å². The number of halogens is 6. The van der Waals surface area contributed by atoms with Crippen LogP contribution in [0.5, 0.6) is 0 Å². The van der Waals surface area contributed by atoms with E-state index in [0.29, 0.717) is 21.3 Å². The van der Waals surface area contributed by atoms with Crippen molar-refractivity contribution in [2.75, 3.05) is 36.5 Å². The van der Waals surface area contributed by atoms with Gasteiger partial charge in [0.25, 0.3) is 0 Å². The van der Waals surface area contributed by atoms with Gasteiger partial charge in [-0.15, -0.1) is 0 Å². The van der Waals surface area contributed by atoms with Gasteiger partial charge in [0.05, 0.1) is 11.1 Å². The Kier molecular flexibility index (Phi) is 6.46. The average molecular weight is 443 g/mol. The van der Waals surface area contributed by atoms with Gasteiger partial charge in [0.15, 0.2) is 0 Å². The molecule has 158 valence electrons. The summed E-state index contributed by atoms with van der Waals surface area (Å²) in [5, 5.41) is 0. The third-order valence-corrected chi connectivity index (χ3v) is 10.5. The maximum Gasteiger partial charge on any atom is 0.416 e. The molecule has 0 radical (unpaired) electrons. The van der Waals surface area contributed by atoms with Gasteiger partial charge in [0.1, 0.15) is 0 Å². The van der Waals surface area contributed by atoms with E-state index in [1.165, 1.54) is 24.3 Å². The van der Waals surface area contributed by atoms with Gasteiger partial charge >= 0.3 is 12.4 Å². The lowest BCUT2D eigenvalue weighted by Gasteiger charge is -2.39. The third-order valence-electron chi connectivity index (χ3n) is 4.70. The van der Waals surface area contributed by atoms with Gasteiger partial charge in [-0.2, -0.15) is 26.3 Å². The van der Waals surface area contributed by atoms with Crippen molar-refractivity contribution >= 4 is 20.1 Å². The Morgan fingerprint density at radius 1 is 0.607 bits per heavy atom. The minimum Gasteiger partial charge on any atom is -0.220 e. The van der Waals surface area contributed by atoms with Crippen molar-refractivity contribution in [3.63, 3.8) is 0 Å². The first-order valence-corrected chi connectivity index (χ1v) is 13.6. The van der Waals surface area contributed by atoms with Crippen molar-refractivity contribution in [3.8, 4) is 0 Å². The lowest BCUT2D eigenvalue weighted by atomic mass is 10.2. The van der Waals surface area contributed by atoms with Crippen molar-refractivity contribution < 1.29 is 26.3 Å². The Bertz CT molecular complexity index is 752. The first-order chi connectivity index (χ1) is 12.6. The molecule has 2 aromatic carbocycles. The zero-order chi connectivity index (χ0) is 21.4. The molecule has 0 aliphatic rings. The van der Waals surface area contributed by atoms with Crippen LogP contribution in [-0.2, 0) is 12.4 Å². The summed E-state index contributed by atoms with van der Waals surface area (Å²) in [6.45, 7) is 0. The van der Waals surface area contributed by atoms with Crippen LogP contribution in [0.15, 0.2) is 58.3 Å². The zero-order valence-corrected chi connectivity index (χ0v) is 17.8. The van der Waals surface area contributed by atoms with E-state index in [2.05, 4.69) is 0 Å². The molecule has 0 aromatic heterocycles. The van der Waals surface area contributed by atoms with Crippen LogP contribution in [0.25, 0.3) is 0 Å². The van der Waals surface area contributed by atoms with Crippen LogP contribution in [-0.4, -0.2) is 36.5 Å². The highest BCUT2D eigenvalue weighted by Crippen LogP contribution is 2.56. The fraction of sp³-hybridized carbons (Fsp3) is 0.400.